The van der Waals surface area contributed by atoms with E-state index in [1.807, 2.05) is 13.8 Å². The molecular weight excluding hydrogens is 372 g/mol. The highest BCUT2D eigenvalue weighted by molar-refractivity contribution is 7.89. The van der Waals surface area contributed by atoms with Gasteiger partial charge in [-0.2, -0.15) is 0 Å². The summed E-state index contributed by atoms with van der Waals surface area (Å²) < 4.78 is 37.0. The predicted octanol–water partition coefficient (Wildman–Crippen LogP) is 1.32. The number of benzene rings is 1. The number of esters is 1. The molecular formula is C18H28N2O6S. The maximum absolute atomic E-state index is 12.3. The molecule has 27 heavy (non-hydrogen) atoms. The quantitative estimate of drug-likeness (QED) is 0.573. The number of methoxy groups -OCH3 is 1. The van der Waals surface area contributed by atoms with Gasteiger partial charge in [-0.15, -0.1) is 0 Å². The van der Waals surface area contributed by atoms with Crippen molar-refractivity contribution in [1.82, 2.24) is 10.0 Å². The van der Waals surface area contributed by atoms with Crippen LogP contribution in [0.25, 0.3) is 0 Å². The van der Waals surface area contributed by atoms with Gasteiger partial charge in [0.1, 0.15) is 0 Å². The van der Waals surface area contributed by atoms with Gasteiger partial charge in [-0.1, -0.05) is 13.8 Å². The standard InChI is InChI=1S/C18H28N2O6S/c1-12(2)10-19-17(21)14(4)26-18(22)15-6-8-16(9-7-15)27(23,24)20-13(3)11-25-5/h6-9,12-14,20H,10-11H2,1-5H3,(H,19,21)/t13-,14-/m1/s1. The number of carbonyl (C=O) groups is 2. The van der Waals surface area contributed by atoms with E-state index in [9.17, 15) is 18.0 Å². The molecule has 1 rings (SSSR count). The summed E-state index contributed by atoms with van der Waals surface area (Å²) in [5.41, 5.74) is 0.155. The molecule has 0 aromatic heterocycles. The summed E-state index contributed by atoms with van der Waals surface area (Å²) in [5, 5.41) is 2.68. The molecule has 1 amide bonds. The first-order chi connectivity index (χ1) is 12.6. The molecule has 0 saturated heterocycles. The highest BCUT2D eigenvalue weighted by Crippen LogP contribution is 2.13. The number of rotatable bonds is 10. The van der Waals surface area contributed by atoms with Gasteiger partial charge in [0.2, 0.25) is 10.0 Å². The molecule has 1 aromatic carbocycles. The van der Waals surface area contributed by atoms with Gasteiger partial charge in [-0.25, -0.2) is 17.9 Å². The Morgan fingerprint density at radius 2 is 1.67 bits per heavy atom. The highest BCUT2D eigenvalue weighted by Gasteiger charge is 2.21. The van der Waals surface area contributed by atoms with Crippen molar-refractivity contribution in [2.45, 2.75) is 44.7 Å². The van der Waals surface area contributed by atoms with Crippen molar-refractivity contribution in [3.05, 3.63) is 29.8 Å². The third-order valence-electron chi connectivity index (χ3n) is 3.51. The SMILES string of the molecule is COC[C@@H](C)NS(=O)(=O)c1ccc(C(=O)O[C@H](C)C(=O)NCC(C)C)cc1. The number of nitrogens with one attached hydrogen (secondary N) is 2. The predicted molar refractivity (Wildman–Crippen MR) is 101 cm³/mol. The lowest BCUT2D eigenvalue weighted by Gasteiger charge is -2.15. The van der Waals surface area contributed by atoms with E-state index in [0.29, 0.717) is 6.54 Å². The fourth-order valence-electron chi connectivity index (χ4n) is 2.12. The first kappa shape index (κ1) is 23.1. The Hall–Kier alpha value is -1.97. The molecule has 0 spiro atoms. The number of ether oxygens (including phenoxy) is 2. The average molecular weight is 400 g/mol. The summed E-state index contributed by atoms with van der Waals surface area (Å²) in [4.78, 5) is 24.0. The van der Waals surface area contributed by atoms with Crippen molar-refractivity contribution < 1.29 is 27.5 Å². The number of sulfonamides is 1. The van der Waals surface area contributed by atoms with Crippen molar-refractivity contribution in [3.63, 3.8) is 0 Å². The van der Waals surface area contributed by atoms with Gasteiger partial charge in [0.15, 0.2) is 6.10 Å². The molecule has 0 aliphatic rings. The average Bonchev–Trinajstić information content (AvgIpc) is 2.59. The number of amides is 1. The van der Waals surface area contributed by atoms with Gasteiger partial charge in [-0.05, 0) is 44.0 Å². The molecule has 0 radical (unpaired) electrons. The molecule has 2 N–H and O–H groups in total. The molecule has 0 heterocycles. The maximum atomic E-state index is 12.3. The molecule has 0 aliphatic carbocycles. The lowest BCUT2D eigenvalue weighted by molar-refractivity contribution is -0.129. The third kappa shape index (κ3) is 7.66. The van der Waals surface area contributed by atoms with E-state index in [1.54, 1.807) is 6.92 Å². The van der Waals surface area contributed by atoms with Crippen LogP contribution < -0.4 is 10.0 Å². The van der Waals surface area contributed by atoms with E-state index in [1.165, 1.54) is 38.3 Å². The van der Waals surface area contributed by atoms with Crippen LogP contribution in [0.1, 0.15) is 38.1 Å². The minimum Gasteiger partial charge on any atom is -0.449 e. The summed E-state index contributed by atoms with van der Waals surface area (Å²) in [6, 6.07) is 4.91. The summed E-state index contributed by atoms with van der Waals surface area (Å²) in [5.74, 6) is -0.800. The second kappa shape index (κ2) is 10.4. The second-order valence-electron chi connectivity index (χ2n) is 6.69. The van der Waals surface area contributed by atoms with E-state index in [2.05, 4.69) is 10.0 Å². The van der Waals surface area contributed by atoms with E-state index >= 15 is 0 Å². The lowest BCUT2D eigenvalue weighted by Crippen LogP contribution is -2.37. The second-order valence-corrected chi connectivity index (χ2v) is 8.40. The van der Waals surface area contributed by atoms with Gasteiger partial charge >= 0.3 is 5.97 Å². The van der Waals surface area contributed by atoms with Crippen LogP contribution in [0, 0.1) is 5.92 Å². The maximum Gasteiger partial charge on any atom is 0.338 e. The van der Waals surface area contributed by atoms with Gasteiger partial charge in [0.05, 0.1) is 17.1 Å². The smallest absolute Gasteiger partial charge is 0.338 e. The van der Waals surface area contributed by atoms with Crippen molar-refractivity contribution in [3.8, 4) is 0 Å². The van der Waals surface area contributed by atoms with Crippen molar-refractivity contribution in [2.24, 2.45) is 5.92 Å². The number of hydrogen-bond donors (Lipinski definition) is 2. The summed E-state index contributed by atoms with van der Waals surface area (Å²) in [6.45, 7) is 7.79. The normalized spacial score (nSPS) is 13.9. The van der Waals surface area contributed by atoms with Crippen LogP contribution >= 0.6 is 0 Å². The van der Waals surface area contributed by atoms with E-state index in [0.717, 1.165) is 0 Å². The topological polar surface area (TPSA) is 111 Å². The van der Waals surface area contributed by atoms with E-state index in [-0.39, 0.29) is 28.9 Å². The van der Waals surface area contributed by atoms with Gasteiger partial charge in [0, 0.05) is 19.7 Å². The monoisotopic (exact) mass is 400 g/mol. The minimum atomic E-state index is -3.72. The van der Waals surface area contributed by atoms with Crippen LogP contribution in [-0.4, -0.2) is 52.7 Å². The highest BCUT2D eigenvalue weighted by atomic mass is 32.2. The Labute approximate surface area is 160 Å². The zero-order valence-corrected chi connectivity index (χ0v) is 17.1. The Morgan fingerprint density at radius 3 is 2.19 bits per heavy atom. The van der Waals surface area contributed by atoms with E-state index in [4.69, 9.17) is 9.47 Å². The van der Waals surface area contributed by atoms with Crippen molar-refractivity contribution in [1.29, 1.82) is 0 Å². The van der Waals surface area contributed by atoms with Gasteiger partial charge < -0.3 is 14.8 Å². The molecule has 1 aromatic rings. The van der Waals surface area contributed by atoms with Crippen LogP contribution in [0.2, 0.25) is 0 Å². The fourth-order valence-corrected chi connectivity index (χ4v) is 3.35. The summed E-state index contributed by atoms with van der Waals surface area (Å²) in [7, 11) is -2.24. The Kier molecular flexibility index (Phi) is 8.87. The van der Waals surface area contributed by atoms with E-state index < -0.39 is 28.1 Å². The molecule has 2 atom stereocenters. The van der Waals surface area contributed by atoms with Gasteiger partial charge in [-0.3, -0.25) is 4.79 Å². The summed E-state index contributed by atoms with van der Waals surface area (Å²) >= 11 is 0. The van der Waals surface area contributed by atoms with Crippen LogP contribution in [0.5, 0.6) is 0 Å². The first-order valence-corrected chi connectivity index (χ1v) is 10.1. The molecule has 0 aliphatic heterocycles. The van der Waals surface area contributed by atoms with Crippen molar-refractivity contribution in [2.75, 3.05) is 20.3 Å². The zero-order valence-electron chi connectivity index (χ0n) is 16.3. The third-order valence-corrected chi connectivity index (χ3v) is 5.12. The van der Waals surface area contributed by atoms with Gasteiger partial charge in [0.25, 0.3) is 5.91 Å². The van der Waals surface area contributed by atoms with Crippen LogP contribution in [0.3, 0.4) is 0 Å². The molecule has 0 saturated carbocycles. The molecule has 8 nitrogen and oxygen atoms in total. The molecule has 0 unspecified atom stereocenters. The lowest BCUT2D eigenvalue weighted by atomic mass is 10.2. The largest absolute Gasteiger partial charge is 0.449 e. The Balaban J connectivity index is 2.72. The van der Waals surface area contributed by atoms with Crippen LogP contribution in [0.4, 0.5) is 0 Å². The zero-order chi connectivity index (χ0) is 20.6. The summed E-state index contributed by atoms with van der Waals surface area (Å²) in [6.07, 6.45) is -0.948. The molecule has 0 bridgehead atoms. The van der Waals surface area contributed by atoms with Crippen LogP contribution in [-0.2, 0) is 24.3 Å². The molecule has 9 heteroatoms. The van der Waals surface area contributed by atoms with Crippen LogP contribution in [0.15, 0.2) is 29.2 Å². The number of hydrogen-bond acceptors (Lipinski definition) is 6. The fraction of sp³-hybridized carbons (Fsp3) is 0.556. The van der Waals surface area contributed by atoms with Crippen molar-refractivity contribution >= 4 is 21.9 Å². The molecule has 152 valence electrons. The number of carbonyl (C=O) groups excluding carboxylic acids is 2. The Bertz CT molecular complexity index is 731. The Morgan fingerprint density at radius 1 is 1.07 bits per heavy atom. The molecule has 0 fully saturated rings. The first-order valence-electron chi connectivity index (χ1n) is 8.66. The minimum absolute atomic E-state index is 0.0183.